The molecule has 2 aromatic rings. The molecule has 5 heteroatoms. The highest BCUT2D eigenvalue weighted by molar-refractivity contribution is 6.06. The van der Waals surface area contributed by atoms with Crippen molar-refractivity contribution in [3.63, 3.8) is 0 Å². The number of aliphatic hydroxyl groups is 1. The number of carbonyl (C=O) groups excluding carboxylic acids is 1. The second kappa shape index (κ2) is 7.36. The Hall–Kier alpha value is -1.85. The molecule has 1 unspecified atom stereocenters. The van der Waals surface area contributed by atoms with Crippen molar-refractivity contribution in [3.05, 3.63) is 35.5 Å². The predicted molar refractivity (Wildman–Crippen MR) is 94.2 cm³/mol. The molecular formula is C19H26N2O3. The molecule has 0 aliphatic heterocycles. The summed E-state index contributed by atoms with van der Waals surface area (Å²) in [4.78, 5) is 15.8. The first kappa shape index (κ1) is 17.0. The standard InChI is InChI=1S/C19H26N2O3/c1-12-9-14-7-8-20-18(14)17(10-12)19(23)21-15-3-5-16(6-4-15)24-11-13(2)22/h7-10,13,15-16,20,22H,3-6,11H2,1-2H3,(H,21,23). The zero-order chi connectivity index (χ0) is 17.1. The first-order chi connectivity index (χ1) is 11.5. The lowest BCUT2D eigenvalue weighted by Crippen LogP contribution is -2.39. The van der Waals surface area contributed by atoms with Crippen molar-refractivity contribution in [1.29, 1.82) is 0 Å². The van der Waals surface area contributed by atoms with Gasteiger partial charge in [-0.05, 0) is 63.3 Å². The van der Waals surface area contributed by atoms with Crippen molar-refractivity contribution in [2.75, 3.05) is 6.61 Å². The molecule has 24 heavy (non-hydrogen) atoms. The van der Waals surface area contributed by atoms with Gasteiger partial charge in [0, 0.05) is 17.6 Å². The highest BCUT2D eigenvalue weighted by atomic mass is 16.5. The quantitative estimate of drug-likeness (QED) is 0.789. The molecule has 1 fully saturated rings. The zero-order valence-corrected chi connectivity index (χ0v) is 14.3. The van der Waals surface area contributed by atoms with Crippen LogP contribution in [0.1, 0.15) is 48.5 Å². The molecule has 1 atom stereocenters. The number of H-pyrrole nitrogens is 1. The third-order valence-electron chi connectivity index (χ3n) is 4.63. The van der Waals surface area contributed by atoms with Gasteiger partial charge >= 0.3 is 0 Å². The van der Waals surface area contributed by atoms with Crippen LogP contribution in [0.4, 0.5) is 0 Å². The van der Waals surface area contributed by atoms with Gasteiger partial charge in [0.15, 0.2) is 0 Å². The molecule has 1 aliphatic carbocycles. The van der Waals surface area contributed by atoms with Gasteiger partial charge in [-0.3, -0.25) is 4.79 Å². The zero-order valence-electron chi connectivity index (χ0n) is 14.3. The van der Waals surface area contributed by atoms with Gasteiger partial charge in [-0.25, -0.2) is 0 Å². The number of amides is 1. The van der Waals surface area contributed by atoms with Crippen LogP contribution in [0, 0.1) is 6.92 Å². The highest BCUT2D eigenvalue weighted by Crippen LogP contribution is 2.23. The number of rotatable bonds is 5. The van der Waals surface area contributed by atoms with Gasteiger partial charge in [0.05, 0.1) is 29.9 Å². The molecule has 1 aromatic heterocycles. The Balaban J connectivity index is 1.59. The van der Waals surface area contributed by atoms with E-state index in [1.807, 2.05) is 25.3 Å². The van der Waals surface area contributed by atoms with E-state index in [1.165, 1.54) is 0 Å². The van der Waals surface area contributed by atoms with E-state index in [2.05, 4.69) is 16.4 Å². The van der Waals surface area contributed by atoms with Crippen LogP contribution >= 0.6 is 0 Å². The second-order valence-corrected chi connectivity index (χ2v) is 6.88. The monoisotopic (exact) mass is 330 g/mol. The summed E-state index contributed by atoms with van der Waals surface area (Å²) in [5, 5.41) is 13.5. The Morgan fingerprint density at radius 1 is 1.38 bits per heavy atom. The molecule has 3 N–H and O–H groups in total. The topological polar surface area (TPSA) is 74.3 Å². The van der Waals surface area contributed by atoms with E-state index in [9.17, 15) is 9.90 Å². The number of carbonyl (C=O) groups is 1. The Kier molecular flexibility index (Phi) is 5.21. The average Bonchev–Trinajstić information content (AvgIpc) is 3.01. The molecule has 130 valence electrons. The summed E-state index contributed by atoms with van der Waals surface area (Å²) >= 11 is 0. The van der Waals surface area contributed by atoms with Crippen LogP contribution in [-0.2, 0) is 4.74 Å². The number of nitrogens with one attached hydrogen (secondary N) is 2. The molecule has 1 heterocycles. The minimum absolute atomic E-state index is 0.0144. The summed E-state index contributed by atoms with van der Waals surface area (Å²) in [6.45, 7) is 4.12. The van der Waals surface area contributed by atoms with Crippen LogP contribution in [0.5, 0.6) is 0 Å². The van der Waals surface area contributed by atoms with E-state index in [1.54, 1.807) is 6.92 Å². The first-order valence-electron chi connectivity index (χ1n) is 8.71. The van der Waals surface area contributed by atoms with E-state index < -0.39 is 6.10 Å². The number of ether oxygens (including phenoxy) is 1. The molecule has 1 saturated carbocycles. The largest absolute Gasteiger partial charge is 0.391 e. The van der Waals surface area contributed by atoms with Crippen molar-refractivity contribution in [1.82, 2.24) is 10.3 Å². The molecule has 1 aliphatic rings. The summed E-state index contributed by atoms with van der Waals surface area (Å²) in [6.07, 6.45) is 5.30. The minimum atomic E-state index is -0.424. The Bertz CT molecular complexity index is 700. The Morgan fingerprint density at radius 2 is 2.12 bits per heavy atom. The van der Waals surface area contributed by atoms with Crippen LogP contribution in [0.2, 0.25) is 0 Å². The van der Waals surface area contributed by atoms with E-state index >= 15 is 0 Å². The lowest BCUT2D eigenvalue weighted by Gasteiger charge is -2.29. The lowest BCUT2D eigenvalue weighted by atomic mass is 9.92. The number of aromatic amines is 1. The molecular weight excluding hydrogens is 304 g/mol. The maximum Gasteiger partial charge on any atom is 0.253 e. The number of aliphatic hydroxyl groups excluding tert-OH is 1. The van der Waals surface area contributed by atoms with Crippen molar-refractivity contribution in [2.24, 2.45) is 0 Å². The third kappa shape index (κ3) is 3.97. The number of aryl methyl sites for hydroxylation is 1. The van der Waals surface area contributed by atoms with Crippen LogP contribution in [0.15, 0.2) is 24.4 Å². The Labute approximate surface area is 142 Å². The lowest BCUT2D eigenvalue weighted by molar-refractivity contribution is -0.0210. The van der Waals surface area contributed by atoms with Crippen LogP contribution in [-0.4, -0.2) is 40.9 Å². The van der Waals surface area contributed by atoms with Crippen molar-refractivity contribution in [3.8, 4) is 0 Å². The maximum atomic E-state index is 12.7. The maximum absolute atomic E-state index is 12.7. The minimum Gasteiger partial charge on any atom is -0.391 e. The van der Waals surface area contributed by atoms with Crippen molar-refractivity contribution in [2.45, 2.75) is 57.8 Å². The number of benzene rings is 1. The van der Waals surface area contributed by atoms with Crippen LogP contribution in [0.25, 0.3) is 10.9 Å². The SMILES string of the molecule is Cc1cc(C(=O)NC2CCC(OCC(C)O)CC2)c2[nH]ccc2c1. The van der Waals surface area contributed by atoms with E-state index in [-0.39, 0.29) is 18.1 Å². The fourth-order valence-corrected chi connectivity index (χ4v) is 3.41. The highest BCUT2D eigenvalue weighted by Gasteiger charge is 2.24. The van der Waals surface area contributed by atoms with E-state index in [0.717, 1.165) is 42.1 Å². The van der Waals surface area contributed by atoms with Gasteiger partial charge in [0.2, 0.25) is 0 Å². The van der Waals surface area contributed by atoms with E-state index in [4.69, 9.17) is 4.74 Å². The summed E-state index contributed by atoms with van der Waals surface area (Å²) in [6, 6.07) is 6.19. The van der Waals surface area contributed by atoms with Gasteiger partial charge in [0.1, 0.15) is 0 Å². The van der Waals surface area contributed by atoms with Crippen molar-refractivity contribution >= 4 is 16.8 Å². The number of fused-ring (bicyclic) bond motifs is 1. The molecule has 0 radical (unpaired) electrons. The smallest absolute Gasteiger partial charge is 0.253 e. The molecule has 0 spiro atoms. The normalized spacial score (nSPS) is 22.5. The van der Waals surface area contributed by atoms with Crippen LogP contribution < -0.4 is 5.32 Å². The van der Waals surface area contributed by atoms with Gasteiger partial charge in [-0.2, -0.15) is 0 Å². The van der Waals surface area contributed by atoms with Gasteiger partial charge in [-0.15, -0.1) is 0 Å². The molecule has 5 nitrogen and oxygen atoms in total. The number of aromatic nitrogens is 1. The second-order valence-electron chi connectivity index (χ2n) is 6.88. The van der Waals surface area contributed by atoms with Gasteiger partial charge in [-0.1, -0.05) is 0 Å². The fourth-order valence-electron chi connectivity index (χ4n) is 3.41. The predicted octanol–water partition coefficient (Wildman–Crippen LogP) is 2.91. The molecule has 3 rings (SSSR count). The van der Waals surface area contributed by atoms with Gasteiger partial charge in [0.25, 0.3) is 5.91 Å². The third-order valence-corrected chi connectivity index (χ3v) is 4.63. The fraction of sp³-hybridized carbons (Fsp3) is 0.526. The Morgan fingerprint density at radius 3 is 2.83 bits per heavy atom. The summed E-state index contributed by atoms with van der Waals surface area (Å²) in [7, 11) is 0. The number of hydrogen-bond acceptors (Lipinski definition) is 3. The van der Waals surface area contributed by atoms with Crippen molar-refractivity contribution < 1.29 is 14.6 Å². The summed E-state index contributed by atoms with van der Waals surface area (Å²) in [5.41, 5.74) is 2.69. The van der Waals surface area contributed by atoms with Gasteiger partial charge < -0.3 is 20.1 Å². The molecule has 0 bridgehead atoms. The summed E-state index contributed by atoms with van der Waals surface area (Å²) < 4.78 is 5.68. The summed E-state index contributed by atoms with van der Waals surface area (Å²) in [5.74, 6) is -0.0144. The average molecular weight is 330 g/mol. The molecule has 1 amide bonds. The van der Waals surface area contributed by atoms with E-state index in [0.29, 0.717) is 12.2 Å². The first-order valence-corrected chi connectivity index (χ1v) is 8.71. The van der Waals surface area contributed by atoms with Crippen LogP contribution in [0.3, 0.4) is 0 Å². The number of hydrogen-bond donors (Lipinski definition) is 3. The molecule has 1 aromatic carbocycles. The molecule has 0 saturated heterocycles.